The van der Waals surface area contributed by atoms with Crippen LogP contribution in [0.1, 0.15) is 201 Å². The third-order valence-corrected chi connectivity index (χ3v) is 8.62. The Hall–Kier alpha value is -1.19. The molecular formula is C35H67NO3. The fourth-order valence-electron chi connectivity index (χ4n) is 5.54. The number of carbonyl (C=O) groups is 3. The van der Waals surface area contributed by atoms with Gasteiger partial charge in [0.25, 0.3) is 0 Å². The van der Waals surface area contributed by atoms with Gasteiger partial charge in [-0.05, 0) is 19.8 Å². The van der Waals surface area contributed by atoms with Crippen LogP contribution in [0.3, 0.4) is 0 Å². The molecule has 0 aromatic carbocycles. The van der Waals surface area contributed by atoms with Crippen LogP contribution in [0.5, 0.6) is 0 Å². The van der Waals surface area contributed by atoms with Gasteiger partial charge in [-0.15, -0.1) is 0 Å². The molecule has 0 atom stereocenters. The minimum atomic E-state index is -1.64. The highest BCUT2D eigenvalue weighted by Crippen LogP contribution is 2.26. The Bertz CT molecular complexity index is 559. The minimum absolute atomic E-state index is 0.279. The third kappa shape index (κ3) is 20.4. The van der Waals surface area contributed by atoms with Gasteiger partial charge in [0, 0.05) is 12.8 Å². The summed E-state index contributed by atoms with van der Waals surface area (Å²) in [7, 11) is 0. The number of amides is 1. The number of carbonyl (C=O) groups excluding carboxylic acids is 3. The van der Waals surface area contributed by atoms with E-state index in [2.05, 4.69) is 13.8 Å². The van der Waals surface area contributed by atoms with Crippen LogP contribution in [0.2, 0.25) is 0 Å². The molecule has 0 bridgehead atoms. The summed E-state index contributed by atoms with van der Waals surface area (Å²) < 4.78 is 0. The fourth-order valence-corrected chi connectivity index (χ4v) is 5.54. The van der Waals surface area contributed by atoms with Gasteiger partial charge in [-0.25, -0.2) is 0 Å². The van der Waals surface area contributed by atoms with Crippen LogP contribution < -0.4 is 5.73 Å². The summed E-state index contributed by atoms with van der Waals surface area (Å²) in [4.78, 5) is 37.9. The molecule has 2 N–H and O–H groups in total. The van der Waals surface area contributed by atoms with E-state index in [-0.39, 0.29) is 24.4 Å². The van der Waals surface area contributed by atoms with E-state index < -0.39 is 11.3 Å². The molecular weight excluding hydrogens is 482 g/mol. The molecule has 0 aromatic heterocycles. The minimum Gasteiger partial charge on any atom is -0.368 e. The second-order valence-electron chi connectivity index (χ2n) is 12.3. The van der Waals surface area contributed by atoms with Gasteiger partial charge in [0.2, 0.25) is 5.91 Å². The van der Waals surface area contributed by atoms with Crippen molar-refractivity contribution in [2.75, 3.05) is 0 Å². The standard InChI is InChI=1S/C35H67NO3/c1-4-6-8-10-12-14-16-18-20-22-24-26-28-30-32(37)35(3,34(36)39)33(38)31-29-27-25-23-21-19-17-15-13-11-9-7-5-2/h4-31H2,1-3H3,(H2,36,39). The van der Waals surface area contributed by atoms with Crippen LogP contribution in [0.15, 0.2) is 0 Å². The Morgan fingerprint density at radius 1 is 0.410 bits per heavy atom. The van der Waals surface area contributed by atoms with Gasteiger partial charge in [0.05, 0.1) is 0 Å². The van der Waals surface area contributed by atoms with Crippen molar-refractivity contribution >= 4 is 17.5 Å². The molecule has 0 spiro atoms. The van der Waals surface area contributed by atoms with Crippen molar-refractivity contribution in [2.45, 2.75) is 201 Å². The van der Waals surface area contributed by atoms with Gasteiger partial charge in [-0.3, -0.25) is 14.4 Å². The normalized spacial score (nSPS) is 11.7. The lowest BCUT2D eigenvalue weighted by molar-refractivity contribution is -0.147. The zero-order chi connectivity index (χ0) is 29.0. The molecule has 0 aliphatic rings. The largest absolute Gasteiger partial charge is 0.368 e. The maximum absolute atomic E-state index is 12.9. The number of rotatable bonds is 31. The Morgan fingerprint density at radius 2 is 0.615 bits per heavy atom. The SMILES string of the molecule is CCCCCCCCCCCCCCCC(=O)C(C)(C(N)=O)C(=O)CCCCCCCCCCCCCCC. The van der Waals surface area contributed by atoms with Crippen molar-refractivity contribution in [3.63, 3.8) is 0 Å². The van der Waals surface area contributed by atoms with Crippen LogP contribution in [0.25, 0.3) is 0 Å². The first kappa shape index (κ1) is 37.8. The van der Waals surface area contributed by atoms with Crippen LogP contribution in [0, 0.1) is 5.41 Å². The number of hydrogen-bond donors (Lipinski definition) is 1. The third-order valence-electron chi connectivity index (χ3n) is 8.62. The monoisotopic (exact) mass is 550 g/mol. The van der Waals surface area contributed by atoms with Crippen molar-refractivity contribution in [3.8, 4) is 0 Å². The van der Waals surface area contributed by atoms with Crippen molar-refractivity contribution in [1.29, 1.82) is 0 Å². The summed E-state index contributed by atoms with van der Waals surface area (Å²) in [6, 6.07) is 0. The molecule has 0 radical (unpaired) electrons. The second-order valence-corrected chi connectivity index (χ2v) is 12.3. The lowest BCUT2D eigenvalue weighted by Crippen LogP contribution is -2.47. The molecule has 4 nitrogen and oxygen atoms in total. The van der Waals surface area contributed by atoms with Crippen LogP contribution in [-0.2, 0) is 14.4 Å². The fraction of sp³-hybridized carbons (Fsp3) is 0.914. The summed E-state index contributed by atoms with van der Waals surface area (Å²) >= 11 is 0. The maximum atomic E-state index is 12.9. The van der Waals surface area contributed by atoms with Crippen LogP contribution in [-0.4, -0.2) is 17.5 Å². The lowest BCUT2D eigenvalue weighted by Gasteiger charge is -2.23. The Labute approximate surface area is 243 Å². The molecule has 0 aliphatic carbocycles. The number of Topliss-reactive ketones (excluding diaryl/α,β-unsaturated/α-hetero) is 2. The van der Waals surface area contributed by atoms with Gasteiger partial charge < -0.3 is 5.73 Å². The first-order chi connectivity index (χ1) is 18.9. The van der Waals surface area contributed by atoms with E-state index in [1.165, 1.54) is 135 Å². The van der Waals surface area contributed by atoms with E-state index in [1.807, 2.05) is 0 Å². The lowest BCUT2D eigenvalue weighted by atomic mass is 9.76. The van der Waals surface area contributed by atoms with E-state index in [1.54, 1.807) is 0 Å². The quantitative estimate of drug-likeness (QED) is 0.0690. The molecule has 230 valence electrons. The van der Waals surface area contributed by atoms with Gasteiger partial charge >= 0.3 is 0 Å². The molecule has 0 fully saturated rings. The van der Waals surface area contributed by atoms with E-state index in [0.717, 1.165) is 38.5 Å². The van der Waals surface area contributed by atoms with Crippen molar-refractivity contribution < 1.29 is 14.4 Å². The van der Waals surface area contributed by atoms with Crippen LogP contribution in [0.4, 0.5) is 0 Å². The predicted molar refractivity (Wildman–Crippen MR) is 168 cm³/mol. The summed E-state index contributed by atoms with van der Waals surface area (Å²) in [5.41, 5.74) is 3.94. The smallest absolute Gasteiger partial charge is 0.238 e. The molecule has 0 aliphatic heterocycles. The first-order valence-electron chi connectivity index (χ1n) is 17.3. The zero-order valence-electron chi connectivity index (χ0n) is 26.6. The highest BCUT2D eigenvalue weighted by Gasteiger charge is 2.44. The second kappa shape index (κ2) is 27.0. The molecule has 0 rings (SSSR count). The molecule has 0 aromatic rings. The summed E-state index contributed by atoms with van der Waals surface area (Å²) in [5, 5.41) is 0. The highest BCUT2D eigenvalue weighted by molar-refractivity contribution is 6.22. The van der Waals surface area contributed by atoms with E-state index in [9.17, 15) is 14.4 Å². The first-order valence-corrected chi connectivity index (χ1v) is 17.3. The van der Waals surface area contributed by atoms with Crippen molar-refractivity contribution in [3.05, 3.63) is 0 Å². The molecule has 39 heavy (non-hydrogen) atoms. The number of hydrogen-bond acceptors (Lipinski definition) is 3. The van der Waals surface area contributed by atoms with Crippen molar-refractivity contribution in [2.24, 2.45) is 11.1 Å². The van der Waals surface area contributed by atoms with E-state index in [4.69, 9.17) is 5.73 Å². The molecule has 1 amide bonds. The molecule has 0 heterocycles. The number of primary amides is 1. The zero-order valence-corrected chi connectivity index (χ0v) is 26.6. The predicted octanol–water partition coefficient (Wildman–Crippen LogP) is 10.6. The average Bonchev–Trinajstić information content (AvgIpc) is 2.92. The highest BCUT2D eigenvalue weighted by atomic mass is 16.2. The molecule has 0 unspecified atom stereocenters. The Kier molecular flexibility index (Phi) is 26.2. The van der Waals surface area contributed by atoms with E-state index >= 15 is 0 Å². The summed E-state index contributed by atoms with van der Waals surface area (Å²) in [6.45, 7) is 5.98. The average molecular weight is 550 g/mol. The summed E-state index contributed by atoms with van der Waals surface area (Å²) in [6.07, 6.45) is 32.8. The number of nitrogens with two attached hydrogens (primary N) is 1. The van der Waals surface area contributed by atoms with Gasteiger partial charge in [0.1, 0.15) is 0 Å². The molecule has 0 saturated heterocycles. The van der Waals surface area contributed by atoms with Gasteiger partial charge in [-0.1, -0.05) is 168 Å². The van der Waals surface area contributed by atoms with Crippen molar-refractivity contribution in [1.82, 2.24) is 0 Å². The molecule has 0 saturated carbocycles. The van der Waals surface area contributed by atoms with Gasteiger partial charge in [-0.2, -0.15) is 0 Å². The Balaban J connectivity index is 3.88. The summed E-state index contributed by atoms with van der Waals surface area (Å²) in [5.74, 6) is -1.34. The topological polar surface area (TPSA) is 77.2 Å². The number of unbranched alkanes of at least 4 members (excludes halogenated alkanes) is 24. The van der Waals surface area contributed by atoms with Crippen LogP contribution >= 0.6 is 0 Å². The van der Waals surface area contributed by atoms with Gasteiger partial charge in [0.15, 0.2) is 17.0 Å². The number of ketones is 2. The maximum Gasteiger partial charge on any atom is 0.238 e. The molecule has 4 heteroatoms. The van der Waals surface area contributed by atoms with E-state index in [0.29, 0.717) is 0 Å². The Morgan fingerprint density at radius 3 is 0.821 bits per heavy atom.